The highest BCUT2D eigenvalue weighted by molar-refractivity contribution is 7.07. The van der Waals surface area contributed by atoms with Crippen molar-refractivity contribution in [3.05, 3.63) is 75.8 Å². The normalized spacial score (nSPS) is 12.7. The second-order valence-corrected chi connectivity index (χ2v) is 6.44. The van der Waals surface area contributed by atoms with E-state index >= 15 is 0 Å². The van der Waals surface area contributed by atoms with Crippen molar-refractivity contribution in [3.63, 3.8) is 0 Å². The van der Waals surface area contributed by atoms with Gasteiger partial charge in [-0.1, -0.05) is 35.5 Å². The van der Waals surface area contributed by atoms with E-state index in [1.54, 1.807) is 11.3 Å². The standard InChI is InChI=1S/C18H20N2O2S/c1-14-9-17(19-22-14)11-20(10-15-5-3-2-4-6-15)12-18(21)16-7-8-23-13-16/h2-9,13,18,21H,10-12H2,1H3. The summed E-state index contributed by atoms with van der Waals surface area (Å²) in [7, 11) is 0. The van der Waals surface area contributed by atoms with Crippen molar-refractivity contribution in [1.82, 2.24) is 10.1 Å². The smallest absolute Gasteiger partial charge is 0.133 e. The average Bonchev–Trinajstić information content (AvgIpc) is 3.20. The highest BCUT2D eigenvalue weighted by Gasteiger charge is 2.16. The van der Waals surface area contributed by atoms with Gasteiger partial charge in [0.2, 0.25) is 0 Å². The highest BCUT2D eigenvalue weighted by atomic mass is 32.1. The largest absolute Gasteiger partial charge is 0.387 e. The first kappa shape index (κ1) is 15.9. The minimum absolute atomic E-state index is 0.502. The summed E-state index contributed by atoms with van der Waals surface area (Å²) in [6, 6.07) is 14.2. The number of aliphatic hydroxyl groups excluding tert-OH is 1. The van der Waals surface area contributed by atoms with Crippen molar-refractivity contribution in [2.45, 2.75) is 26.1 Å². The van der Waals surface area contributed by atoms with Gasteiger partial charge in [-0.2, -0.15) is 11.3 Å². The number of nitrogens with zero attached hydrogens (tertiary/aromatic N) is 2. The first-order valence-corrected chi connectivity index (χ1v) is 8.53. The Hall–Kier alpha value is -1.95. The molecule has 0 spiro atoms. The molecule has 1 unspecified atom stereocenters. The molecule has 0 radical (unpaired) electrons. The molecule has 0 aliphatic carbocycles. The summed E-state index contributed by atoms with van der Waals surface area (Å²) in [5.74, 6) is 0.804. The lowest BCUT2D eigenvalue weighted by atomic mass is 10.1. The molecule has 0 saturated carbocycles. The number of rotatable bonds is 7. The van der Waals surface area contributed by atoms with Crippen LogP contribution >= 0.6 is 11.3 Å². The van der Waals surface area contributed by atoms with Crippen molar-refractivity contribution in [1.29, 1.82) is 0 Å². The lowest BCUT2D eigenvalue weighted by Gasteiger charge is -2.24. The average molecular weight is 328 g/mol. The van der Waals surface area contributed by atoms with Gasteiger partial charge in [-0.05, 0) is 34.9 Å². The Balaban J connectivity index is 1.72. The van der Waals surface area contributed by atoms with Crippen LogP contribution in [-0.2, 0) is 13.1 Å². The maximum Gasteiger partial charge on any atom is 0.133 e. The number of aliphatic hydroxyl groups is 1. The molecule has 2 heterocycles. The van der Waals surface area contributed by atoms with Gasteiger partial charge in [0.15, 0.2) is 0 Å². The van der Waals surface area contributed by atoms with E-state index in [-0.39, 0.29) is 0 Å². The van der Waals surface area contributed by atoms with Crippen molar-refractivity contribution < 1.29 is 9.63 Å². The predicted octanol–water partition coefficient (Wildman–Crippen LogP) is 3.78. The Bertz CT molecular complexity index is 710. The minimum atomic E-state index is -0.502. The van der Waals surface area contributed by atoms with Crippen LogP contribution in [0.25, 0.3) is 0 Å². The molecular weight excluding hydrogens is 308 g/mol. The van der Waals surface area contributed by atoms with Gasteiger partial charge in [0, 0.05) is 25.7 Å². The Labute approximate surface area is 140 Å². The van der Waals surface area contributed by atoms with E-state index in [9.17, 15) is 5.11 Å². The maximum absolute atomic E-state index is 10.5. The van der Waals surface area contributed by atoms with Gasteiger partial charge in [0.1, 0.15) is 5.76 Å². The van der Waals surface area contributed by atoms with Gasteiger partial charge in [-0.15, -0.1) is 0 Å². The van der Waals surface area contributed by atoms with E-state index in [2.05, 4.69) is 22.2 Å². The first-order chi connectivity index (χ1) is 11.2. The van der Waals surface area contributed by atoms with E-state index in [0.29, 0.717) is 13.1 Å². The molecule has 0 aliphatic heterocycles. The van der Waals surface area contributed by atoms with Gasteiger partial charge in [0.05, 0.1) is 11.8 Å². The van der Waals surface area contributed by atoms with Crippen LogP contribution in [0.2, 0.25) is 0 Å². The van der Waals surface area contributed by atoms with Gasteiger partial charge < -0.3 is 9.63 Å². The van der Waals surface area contributed by atoms with Crippen LogP contribution in [0, 0.1) is 6.92 Å². The van der Waals surface area contributed by atoms with E-state index in [0.717, 1.165) is 23.6 Å². The molecule has 2 aromatic heterocycles. The molecule has 0 amide bonds. The topological polar surface area (TPSA) is 49.5 Å². The molecule has 1 atom stereocenters. The number of hydrogen-bond donors (Lipinski definition) is 1. The predicted molar refractivity (Wildman–Crippen MR) is 91.1 cm³/mol. The molecule has 5 heteroatoms. The second-order valence-electron chi connectivity index (χ2n) is 5.66. The van der Waals surface area contributed by atoms with Gasteiger partial charge in [-0.25, -0.2) is 0 Å². The zero-order chi connectivity index (χ0) is 16.1. The molecule has 4 nitrogen and oxygen atoms in total. The second kappa shape index (κ2) is 7.55. The Kier molecular flexibility index (Phi) is 5.23. The summed E-state index contributed by atoms with van der Waals surface area (Å²) in [6.07, 6.45) is -0.502. The van der Waals surface area contributed by atoms with Gasteiger partial charge >= 0.3 is 0 Å². The van der Waals surface area contributed by atoms with Crippen LogP contribution < -0.4 is 0 Å². The monoisotopic (exact) mass is 328 g/mol. The molecule has 0 bridgehead atoms. The lowest BCUT2D eigenvalue weighted by molar-refractivity contribution is 0.104. The van der Waals surface area contributed by atoms with Crippen LogP contribution in [0.1, 0.15) is 28.7 Å². The van der Waals surface area contributed by atoms with Crippen LogP contribution in [-0.4, -0.2) is 21.7 Å². The maximum atomic E-state index is 10.5. The van der Waals surface area contributed by atoms with Crippen LogP contribution in [0.15, 0.2) is 57.7 Å². The SMILES string of the molecule is Cc1cc(CN(Cc2ccccc2)CC(O)c2ccsc2)no1. The molecular formula is C18H20N2O2S. The molecule has 1 N–H and O–H groups in total. The molecule has 3 rings (SSSR count). The highest BCUT2D eigenvalue weighted by Crippen LogP contribution is 2.20. The number of benzene rings is 1. The molecule has 0 fully saturated rings. The van der Waals surface area contributed by atoms with Crippen molar-refractivity contribution in [2.24, 2.45) is 0 Å². The number of aryl methyl sites for hydroxylation is 1. The zero-order valence-electron chi connectivity index (χ0n) is 13.1. The fourth-order valence-electron chi connectivity index (χ4n) is 2.56. The number of thiophene rings is 1. The fourth-order valence-corrected chi connectivity index (χ4v) is 3.27. The molecule has 120 valence electrons. The van der Waals surface area contributed by atoms with Gasteiger partial charge in [0.25, 0.3) is 0 Å². The van der Waals surface area contributed by atoms with E-state index < -0.39 is 6.10 Å². The summed E-state index contributed by atoms with van der Waals surface area (Å²) in [5, 5.41) is 18.5. The molecule has 1 aromatic carbocycles. The summed E-state index contributed by atoms with van der Waals surface area (Å²) >= 11 is 1.60. The Morgan fingerprint density at radius 1 is 1.22 bits per heavy atom. The third kappa shape index (κ3) is 4.51. The van der Waals surface area contributed by atoms with Crippen LogP contribution in [0.3, 0.4) is 0 Å². The summed E-state index contributed by atoms with van der Waals surface area (Å²) in [4.78, 5) is 2.19. The van der Waals surface area contributed by atoms with Crippen LogP contribution in [0.5, 0.6) is 0 Å². The molecule has 23 heavy (non-hydrogen) atoms. The molecule has 0 saturated heterocycles. The minimum Gasteiger partial charge on any atom is -0.387 e. The molecule has 3 aromatic rings. The summed E-state index contributed by atoms with van der Waals surface area (Å²) in [5.41, 5.74) is 3.06. The van der Waals surface area contributed by atoms with Gasteiger partial charge in [-0.3, -0.25) is 4.90 Å². The van der Waals surface area contributed by atoms with E-state index in [1.807, 2.05) is 48.0 Å². The summed E-state index contributed by atoms with van der Waals surface area (Å²) in [6.45, 7) is 3.84. The van der Waals surface area contributed by atoms with Crippen molar-refractivity contribution in [2.75, 3.05) is 6.54 Å². The van der Waals surface area contributed by atoms with Crippen molar-refractivity contribution in [3.8, 4) is 0 Å². The van der Waals surface area contributed by atoms with Crippen LogP contribution in [0.4, 0.5) is 0 Å². The van der Waals surface area contributed by atoms with E-state index in [1.165, 1.54) is 5.56 Å². The number of hydrogen-bond acceptors (Lipinski definition) is 5. The third-order valence-electron chi connectivity index (χ3n) is 3.67. The Morgan fingerprint density at radius 2 is 2.04 bits per heavy atom. The van der Waals surface area contributed by atoms with Crippen molar-refractivity contribution >= 4 is 11.3 Å². The Morgan fingerprint density at radius 3 is 2.70 bits per heavy atom. The number of aromatic nitrogens is 1. The fraction of sp³-hybridized carbons (Fsp3) is 0.278. The van der Waals surface area contributed by atoms with E-state index in [4.69, 9.17) is 4.52 Å². The third-order valence-corrected chi connectivity index (χ3v) is 4.37. The first-order valence-electron chi connectivity index (χ1n) is 7.59. The summed E-state index contributed by atoms with van der Waals surface area (Å²) < 4.78 is 5.16. The quantitative estimate of drug-likeness (QED) is 0.717. The zero-order valence-corrected chi connectivity index (χ0v) is 13.9. The molecule has 0 aliphatic rings. The lowest BCUT2D eigenvalue weighted by Crippen LogP contribution is -2.28.